The second kappa shape index (κ2) is 9.69. The second-order valence-electron chi connectivity index (χ2n) is 6.69. The Morgan fingerprint density at radius 1 is 1.33 bits per heavy atom. The van der Waals surface area contributed by atoms with E-state index in [-0.39, 0.29) is 6.04 Å². The monoisotopic (exact) mass is 336 g/mol. The van der Waals surface area contributed by atoms with Gasteiger partial charge in [-0.25, -0.2) is 0 Å². The summed E-state index contributed by atoms with van der Waals surface area (Å²) in [5.41, 5.74) is 0. The molecule has 136 valence electrons. The van der Waals surface area contributed by atoms with Crippen LogP contribution < -0.4 is 5.32 Å². The first-order valence-electron chi connectivity index (χ1n) is 8.81. The van der Waals surface area contributed by atoms with Crippen molar-refractivity contribution in [3.63, 3.8) is 0 Å². The van der Waals surface area contributed by atoms with Crippen molar-refractivity contribution in [3.8, 4) is 0 Å². The Kier molecular flexibility index (Phi) is 7.59. The van der Waals surface area contributed by atoms with Crippen molar-refractivity contribution in [2.75, 3.05) is 54.5 Å². The van der Waals surface area contributed by atoms with E-state index in [4.69, 9.17) is 9.15 Å². The number of hydrogen-bond donors (Lipinski definition) is 1. The zero-order valence-corrected chi connectivity index (χ0v) is 15.5. The fourth-order valence-electron chi connectivity index (χ4n) is 3.11. The van der Waals surface area contributed by atoms with Gasteiger partial charge in [0.1, 0.15) is 5.76 Å². The number of nitrogens with one attached hydrogen (secondary N) is 1. The third kappa shape index (κ3) is 5.53. The normalized spacial score (nSPS) is 18.0. The third-order valence-electron chi connectivity index (χ3n) is 4.74. The van der Waals surface area contributed by atoms with Gasteiger partial charge in [0.2, 0.25) is 0 Å². The van der Waals surface area contributed by atoms with Crippen LogP contribution >= 0.6 is 0 Å². The fraction of sp³-hybridized carbons (Fsp3) is 0.722. The maximum Gasteiger partial charge on any atom is 0.193 e. The maximum absolute atomic E-state index is 5.56. The highest BCUT2D eigenvalue weighted by Gasteiger charge is 2.19. The fourth-order valence-corrected chi connectivity index (χ4v) is 3.11. The molecule has 1 aromatic rings. The molecule has 6 nitrogen and oxygen atoms in total. The number of furan rings is 1. The maximum atomic E-state index is 5.56. The highest BCUT2D eigenvalue weighted by Crippen LogP contribution is 2.19. The molecule has 2 heterocycles. The van der Waals surface area contributed by atoms with E-state index in [1.165, 1.54) is 19.3 Å². The average Bonchev–Trinajstić information content (AvgIpc) is 3.11. The van der Waals surface area contributed by atoms with E-state index in [0.717, 1.165) is 43.9 Å². The minimum Gasteiger partial charge on any atom is -0.468 e. The van der Waals surface area contributed by atoms with E-state index in [1.54, 1.807) is 6.26 Å². The Hall–Kier alpha value is -1.53. The lowest BCUT2D eigenvalue weighted by atomic mass is 9.96. The van der Waals surface area contributed by atoms with Gasteiger partial charge in [-0.1, -0.05) is 0 Å². The summed E-state index contributed by atoms with van der Waals surface area (Å²) in [6.45, 7) is 3.59. The summed E-state index contributed by atoms with van der Waals surface area (Å²) in [6, 6.07) is 4.13. The van der Waals surface area contributed by atoms with E-state index >= 15 is 0 Å². The first-order valence-corrected chi connectivity index (χ1v) is 8.81. The number of ether oxygens (including phenoxy) is 1. The molecule has 1 saturated heterocycles. The summed E-state index contributed by atoms with van der Waals surface area (Å²) < 4.78 is 11.0. The molecule has 0 spiro atoms. The minimum absolute atomic E-state index is 0.181. The summed E-state index contributed by atoms with van der Waals surface area (Å²) >= 11 is 0. The Bertz CT molecular complexity index is 481. The van der Waals surface area contributed by atoms with Crippen LogP contribution in [0.5, 0.6) is 0 Å². The number of guanidine groups is 1. The van der Waals surface area contributed by atoms with Crippen LogP contribution in [-0.4, -0.2) is 70.3 Å². The van der Waals surface area contributed by atoms with E-state index in [1.807, 2.05) is 19.2 Å². The molecule has 2 rings (SSSR count). The highest BCUT2D eigenvalue weighted by atomic mass is 16.5. The van der Waals surface area contributed by atoms with Gasteiger partial charge >= 0.3 is 0 Å². The Labute approximate surface area is 145 Å². The van der Waals surface area contributed by atoms with Gasteiger partial charge in [-0.3, -0.25) is 9.89 Å². The van der Waals surface area contributed by atoms with Crippen LogP contribution in [0.1, 0.15) is 31.1 Å². The van der Waals surface area contributed by atoms with Gasteiger partial charge in [-0.2, -0.15) is 0 Å². The first kappa shape index (κ1) is 18.8. The molecule has 24 heavy (non-hydrogen) atoms. The van der Waals surface area contributed by atoms with Crippen LogP contribution in [0.15, 0.2) is 27.8 Å². The van der Waals surface area contributed by atoms with Crippen LogP contribution in [0.4, 0.5) is 0 Å². The molecular formula is C18H32N4O2. The van der Waals surface area contributed by atoms with Crippen molar-refractivity contribution in [1.82, 2.24) is 15.1 Å². The van der Waals surface area contributed by atoms with E-state index < -0.39 is 0 Å². The largest absolute Gasteiger partial charge is 0.468 e. The molecule has 1 atom stereocenters. The zero-order chi connectivity index (χ0) is 17.4. The topological polar surface area (TPSA) is 53.2 Å². The first-order chi connectivity index (χ1) is 11.6. The lowest BCUT2D eigenvalue weighted by molar-refractivity contribution is 0.0625. The minimum atomic E-state index is 0.181. The van der Waals surface area contributed by atoms with Crippen molar-refractivity contribution in [2.45, 2.75) is 25.3 Å². The number of hydrogen-bond acceptors (Lipinski definition) is 4. The lowest BCUT2D eigenvalue weighted by Gasteiger charge is -2.28. The van der Waals surface area contributed by atoms with Gasteiger partial charge in [-0.05, 0) is 51.4 Å². The van der Waals surface area contributed by atoms with E-state index in [9.17, 15) is 0 Å². The average molecular weight is 336 g/mol. The molecule has 0 bridgehead atoms. The van der Waals surface area contributed by atoms with Gasteiger partial charge in [0, 0.05) is 40.4 Å². The number of likely N-dealkylation sites (N-methyl/N-ethyl adjacent to an activating group) is 1. The Balaban J connectivity index is 1.81. The predicted molar refractivity (Wildman–Crippen MR) is 97.3 cm³/mol. The molecule has 0 radical (unpaired) electrons. The summed E-state index contributed by atoms with van der Waals surface area (Å²) in [4.78, 5) is 8.79. The molecule has 6 heteroatoms. The molecule has 1 aromatic heterocycles. The van der Waals surface area contributed by atoms with Gasteiger partial charge in [0.15, 0.2) is 5.96 Å². The van der Waals surface area contributed by atoms with Gasteiger partial charge in [0.25, 0.3) is 0 Å². The van der Waals surface area contributed by atoms with E-state index in [0.29, 0.717) is 0 Å². The molecular weight excluding hydrogens is 304 g/mol. The summed E-state index contributed by atoms with van der Waals surface area (Å²) in [7, 11) is 8.07. The molecule has 0 aliphatic carbocycles. The Morgan fingerprint density at radius 3 is 2.67 bits per heavy atom. The molecule has 0 aromatic carbocycles. The van der Waals surface area contributed by atoms with Crippen molar-refractivity contribution in [1.29, 1.82) is 0 Å². The van der Waals surface area contributed by atoms with Gasteiger partial charge in [0.05, 0.1) is 12.3 Å². The number of nitrogens with zero attached hydrogens (tertiary/aromatic N) is 3. The number of aliphatic imine (C=N–C) groups is 1. The standard InChI is InChI=1S/C18H32N4O2/c1-19-18(22(4)10-7-15-8-12-23-13-9-15)20-14-16(21(2)3)17-6-5-11-24-17/h5-6,11,15-16H,7-10,12-14H2,1-4H3,(H,19,20). The predicted octanol–water partition coefficient (Wildman–Crippen LogP) is 2.21. The Morgan fingerprint density at radius 2 is 2.08 bits per heavy atom. The number of rotatable bonds is 7. The summed E-state index contributed by atoms with van der Waals surface area (Å²) in [5.74, 6) is 2.67. The highest BCUT2D eigenvalue weighted by molar-refractivity contribution is 5.79. The van der Waals surface area contributed by atoms with Gasteiger partial charge < -0.3 is 19.4 Å². The van der Waals surface area contributed by atoms with Crippen molar-refractivity contribution < 1.29 is 9.15 Å². The van der Waals surface area contributed by atoms with Gasteiger partial charge in [-0.15, -0.1) is 0 Å². The zero-order valence-electron chi connectivity index (χ0n) is 15.5. The molecule has 1 aliphatic heterocycles. The van der Waals surface area contributed by atoms with Crippen molar-refractivity contribution in [2.24, 2.45) is 10.9 Å². The van der Waals surface area contributed by atoms with Crippen molar-refractivity contribution in [3.05, 3.63) is 24.2 Å². The SMILES string of the molecule is CN=C(NCC(c1ccco1)N(C)C)N(C)CCC1CCOCC1. The summed E-state index contributed by atoms with van der Waals surface area (Å²) in [5, 5.41) is 3.48. The van der Waals surface area contributed by atoms with Crippen LogP contribution in [0.2, 0.25) is 0 Å². The lowest BCUT2D eigenvalue weighted by Crippen LogP contribution is -2.43. The second-order valence-corrected chi connectivity index (χ2v) is 6.69. The molecule has 1 N–H and O–H groups in total. The molecule has 1 aliphatic rings. The van der Waals surface area contributed by atoms with Crippen LogP contribution in [0.25, 0.3) is 0 Å². The van der Waals surface area contributed by atoms with E-state index in [2.05, 4.69) is 41.3 Å². The van der Waals surface area contributed by atoms with Crippen LogP contribution in [0.3, 0.4) is 0 Å². The summed E-state index contributed by atoms with van der Waals surface area (Å²) in [6.07, 6.45) is 5.28. The van der Waals surface area contributed by atoms with Crippen molar-refractivity contribution >= 4 is 5.96 Å². The third-order valence-corrected chi connectivity index (χ3v) is 4.74. The van der Waals surface area contributed by atoms with Crippen LogP contribution in [0, 0.1) is 5.92 Å². The van der Waals surface area contributed by atoms with Crippen LogP contribution in [-0.2, 0) is 4.74 Å². The molecule has 1 unspecified atom stereocenters. The molecule has 1 fully saturated rings. The smallest absolute Gasteiger partial charge is 0.193 e. The molecule has 0 saturated carbocycles. The molecule has 0 amide bonds. The quantitative estimate of drug-likeness (QED) is 0.611.